The molecule has 0 radical (unpaired) electrons. The molecule has 0 aliphatic carbocycles. The number of nitrogens with two attached hydrogens (primary N) is 1. The number of rotatable bonds is 7. The van der Waals surface area contributed by atoms with E-state index in [9.17, 15) is 9.18 Å². The van der Waals surface area contributed by atoms with E-state index in [-0.39, 0.29) is 11.9 Å². The van der Waals surface area contributed by atoms with E-state index in [0.29, 0.717) is 5.56 Å². The van der Waals surface area contributed by atoms with Gasteiger partial charge in [-0.05, 0) is 36.1 Å². The highest BCUT2D eigenvalue weighted by Gasteiger charge is 2.29. The van der Waals surface area contributed by atoms with E-state index >= 15 is 0 Å². The number of anilines is 1. The van der Waals surface area contributed by atoms with Crippen molar-refractivity contribution in [3.63, 3.8) is 0 Å². The monoisotopic (exact) mass is 321 g/mol. The lowest BCUT2D eigenvalue weighted by atomic mass is 10.0. The number of methoxy groups -OCH3 is 1. The molecule has 0 aromatic heterocycles. The van der Waals surface area contributed by atoms with Gasteiger partial charge in [0.15, 0.2) is 0 Å². The molecule has 0 unspecified atom stereocenters. The van der Waals surface area contributed by atoms with Gasteiger partial charge in [0.1, 0.15) is 12.7 Å². The second-order valence-electron chi connectivity index (χ2n) is 5.43. The molecule has 124 valence electrons. The van der Waals surface area contributed by atoms with Crippen LogP contribution in [0.3, 0.4) is 0 Å². The summed E-state index contributed by atoms with van der Waals surface area (Å²) in [5.41, 5.74) is 15.5. The number of amides is 1. The molecule has 1 aromatic carbocycles. The minimum absolute atomic E-state index is 0.291. The first-order valence-electron chi connectivity index (χ1n) is 7.41. The minimum Gasteiger partial charge on any atom is -0.376 e. The second-order valence-corrected chi connectivity index (χ2v) is 5.43. The average Bonchev–Trinajstić information content (AvgIpc) is 3.05. The van der Waals surface area contributed by atoms with Crippen molar-refractivity contribution in [1.29, 1.82) is 0 Å². The normalized spacial score (nSPS) is 19.9. The summed E-state index contributed by atoms with van der Waals surface area (Å²) in [6, 6.07) is 6.05. The number of halogens is 1. The molecule has 2 rings (SSSR count). The van der Waals surface area contributed by atoms with Gasteiger partial charge in [-0.1, -0.05) is 17.2 Å². The number of hydrogen-bond acceptors (Lipinski definition) is 4. The molecular weight excluding hydrogens is 301 g/mol. The Morgan fingerprint density at radius 2 is 2.26 bits per heavy atom. The molecule has 1 aliphatic heterocycles. The highest BCUT2D eigenvalue weighted by molar-refractivity contribution is 5.84. The van der Waals surface area contributed by atoms with Gasteiger partial charge < -0.3 is 15.4 Å². The van der Waals surface area contributed by atoms with Gasteiger partial charge >= 0.3 is 0 Å². The summed E-state index contributed by atoms with van der Waals surface area (Å²) in [7, 11) is 1.44. The summed E-state index contributed by atoms with van der Waals surface area (Å²) in [6.07, 6.45) is 1.01. The standard InChI is InChI=1S/C15H20FN5O2/c1-23-14(12(9-16)19-20-18)10-4-6-11(7-5-10)21-8-2-3-13(21)15(17)22/h4-7,12-14H,2-3,8-9H2,1H3,(H2,17,22)/t12-,13+,14-/m1/s1. The summed E-state index contributed by atoms with van der Waals surface area (Å²) in [6.45, 7) is -0.0350. The van der Waals surface area contributed by atoms with Crippen molar-refractivity contribution in [3.05, 3.63) is 40.3 Å². The molecule has 23 heavy (non-hydrogen) atoms. The molecule has 8 heteroatoms. The molecular formula is C15H20FN5O2. The first-order chi connectivity index (χ1) is 11.1. The Hall–Kier alpha value is -2.31. The third-order valence-electron chi connectivity index (χ3n) is 4.10. The van der Waals surface area contributed by atoms with Crippen LogP contribution in [0.5, 0.6) is 0 Å². The molecule has 1 aliphatic rings. The first kappa shape index (κ1) is 17.1. The van der Waals surface area contributed by atoms with E-state index in [0.717, 1.165) is 25.1 Å². The van der Waals surface area contributed by atoms with E-state index in [2.05, 4.69) is 10.0 Å². The molecule has 1 amide bonds. The van der Waals surface area contributed by atoms with E-state index in [1.54, 1.807) is 12.1 Å². The van der Waals surface area contributed by atoms with Crippen LogP contribution >= 0.6 is 0 Å². The number of nitrogens with zero attached hydrogens (tertiary/aromatic N) is 4. The van der Waals surface area contributed by atoms with Crippen molar-refractivity contribution >= 4 is 11.6 Å². The van der Waals surface area contributed by atoms with Crippen LogP contribution in [0.15, 0.2) is 29.4 Å². The first-order valence-corrected chi connectivity index (χ1v) is 7.41. The fourth-order valence-corrected chi connectivity index (χ4v) is 2.98. The van der Waals surface area contributed by atoms with Crippen LogP contribution in [-0.4, -0.2) is 38.3 Å². The van der Waals surface area contributed by atoms with Gasteiger partial charge in [-0.15, -0.1) is 0 Å². The maximum Gasteiger partial charge on any atom is 0.240 e. The van der Waals surface area contributed by atoms with Gasteiger partial charge in [0.05, 0.1) is 12.1 Å². The lowest BCUT2D eigenvalue weighted by Gasteiger charge is -2.25. The lowest BCUT2D eigenvalue weighted by Crippen LogP contribution is -2.40. The molecule has 3 atom stereocenters. The zero-order valence-electron chi connectivity index (χ0n) is 12.9. The van der Waals surface area contributed by atoms with Crippen LogP contribution in [0.25, 0.3) is 10.4 Å². The van der Waals surface area contributed by atoms with Crippen LogP contribution in [0.4, 0.5) is 10.1 Å². The molecule has 1 fully saturated rings. The molecule has 1 heterocycles. The highest BCUT2D eigenvalue weighted by Crippen LogP contribution is 2.29. The maximum absolute atomic E-state index is 13.0. The Kier molecular flexibility index (Phi) is 5.78. The summed E-state index contributed by atoms with van der Waals surface area (Å²) < 4.78 is 18.3. The Morgan fingerprint density at radius 1 is 1.57 bits per heavy atom. The van der Waals surface area contributed by atoms with Crippen molar-refractivity contribution in [2.75, 3.05) is 25.2 Å². The van der Waals surface area contributed by atoms with Gasteiger partial charge in [-0.2, -0.15) is 0 Å². The third-order valence-corrected chi connectivity index (χ3v) is 4.10. The van der Waals surface area contributed by atoms with Gasteiger partial charge in [-0.3, -0.25) is 9.18 Å². The van der Waals surface area contributed by atoms with Crippen LogP contribution in [0.2, 0.25) is 0 Å². The number of alkyl halides is 1. The molecule has 7 nitrogen and oxygen atoms in total. The number of azide groups is 1. The molecule has 0 spiro atoms. The minimum atomic E-state index is -0.916. The van der Waals surface area contributed by atoms with Crippen molar-refractivity contribution in [1.82, 2.24) is 0 Å². The predicted octanol–water partition coefficient (Wildman–Crippen LogP) is 2.48. The molecule has 2 N–H and O–H groups in total. The summed E-state index contributed by atoms with van der Waals surface area (Å²) in [5, 5.41) is 3.43. The largest absolute Gasteiger partial charge is 0.376 e. The summed E-state index contributed by atoms with van der Waals surface area (Å²) in [4.78, 5) is 16.1. The Labute approximate surface area is 133 Å². The van der Waals surface area contributed by atoms with Crippen molar-refractivity contribution in [2.24, 2.45) is 10.8 Å². The summed E-state index contributed by atoms with van der Waals surface area (Å²) in [5.74, 6) is -0.331. The fourth-order valence-electron chi connectivity index (χ4n) is 2.98. The smallest absolute Gasteiger partial charge is 0.240 e. The van der Waals surface area contributed by atoms with Crippen LogP contribution < -0.4 is 10.6 Å². The summed E-state index contributed by atoms with van der Waals surface area (Å²) >= 11 is 0. The predicted molar refractivity (Wildman–Crippen MR) is 84.7 cm³/mol. The number of ether oxygens (including phenoxy) is 1. The fraction of sp³-hybridized carbons (Fsp3) is 0.533. The van der Waals surface area contributed by atoms with Gasteiger partial charge in [0, 0.05) is 24.3 Å². The molecule has 1 saturated heterocycles. The lowest BCUT2D eigenvalue weighted by molar-refractivity contribution is -0.119. The van der Waals surface area contributed by atoms with Crippen LogP contribution in [-0.2, 0) is 9.53 Å². The van der Waals surface area contributed by atoms with Gasteiger partial charge in [0.2, 0.25) is 5.91 Å². The Balaban J connectivity index is 2.21. The van der Waals surface area contributed by atoms with Crippen LogP contribution in [0, 0.1) is 0 Å². The number of hydrogen-bond donors (Lipinski definition) is 1. The molecule has 1 aromatic rings. The third kappa shape index (κ3) is 3.72. The quantitative estimate of drug-likeness (QED) is 0.474. The van der Waals surface area contributed by atoms with Crippen molar-refractivity contribution in [2.45, 2.75) is 31.0 Å². The zero-order valence-corrected chi connectivity index (χ0v) is 12.9. The van der Waals surface area contributed by atoms with E-state index in [1.807, 2.05) is 17.0 Å². The van der Waals surface area contributed by atoms with Crippen molar-refractivity contribution < 1.29 is 13.9 Å². The Bertz CT molecular complexity index is 588. The second kappa shape index (κ2) is 7.80. The maximum atomic E-state index is 13.0. The number of benzene rings is 1. The van der Waals surface area contributed by atoms with E-state index < -0.39 is 18.8 Å². The van der Waals surface area contributed by atoms with E-state index in [1.165, 1.54) is 7.11 Å². The number of carbonyl (C=O) groups is 1. The molecule has 0 saturated carbocycles. The number of primary amides is 1. The molecule has 0 bridgehead atoms. The van der Waals surface area contributed by atoms with Crippen LogP contribution in [0.1, 0.15) is 24.5 Å². The number of carbonyl (C=O) groups excluding carboxylic acids is 1. The zero-order chi connectivity index (χ0) is 16.8. The van der Waals surface area contributed by atoms with E-state index in [4.69, 9.17) is 16.0 Å². The van der Waals surface area contributed by atoms with Crippen molar-refractivity contribution in [3.8, 4) is 0 Å². The average molecular weight is 321 g/mol. The SMILES string of the molecule is CO[C@H](c1ccc(N2CCC[C@H]2C(N)=O)cc1)[C@@H](CF)N=[N+]=[N-]. The topological polar surface area (TPSA) is 104 Å². The van der Waals surface area contributed by atoms with Gasteiger partial charge in [-0.25, -0.2) is 0 Å². The Morgan fingerprint density at radius 3 is 2.78 bits per heavy atom. The van der Waals surface area contributed by atoms with Gasteiger partial charge in [0.25, 0.3) is 0 Å². The highest BCUT2D eigenvalue weighted by atomic mass is 19.1.